The summed E-state index contributed by atoms with van der Waals surface area (Å²) in [5, 5.41) is 0. The third-order valence-corrected chi connectivity index (χ3v) is 2.32. The SMILES string of the molecule is CC(OC(=O)C=[N+]=[N-])c1ccc(Br)cc1. The molecule has 0 heterocycles. The molecule has 0 aliphatic rings. The fourth-order valence-corrected chi connectivity index (χ4v) is 1.32. The molecule has 0 N–H and O–H groups in total. The number of ether oxygens (including phenoxy) is 1. The van der Waals surface area contributed by atoms with Gasteiger partial charge >= 0.3 is 12.2 Å². The van der Waals surface area contributed by atoms with Gasteiger partial charge < -0.3 is 10.3 Å². The highest BCUT2D eigenvalue weighted by molar-refractivity contribution is 9.10. The van der Waals surface area contributed by atoms with Gasteiger partial charge in [-0.05, 0) is 24.6 Å². The smallest absolute Gasteiger partial charge is 0.414 e. The molecule has 1 aromatic carbocycles. The molecule has 78 valence electrons. The predicted octanol–water partition coefficient (Wildman–Crippen LogP) is 2.35. The highest BCUT2D eigenvalue weighted by atomic mass is 79.9. The molecule has 1 atom stereocenters. The largest absolute Gasteiger partial charge is 0.449 e. The molecule has 0 fully saturated rings. The molecule has 0 amide bonds. The maximum Gasteiger partial charge on any atom is 0.414 e. The van der Waals surface area contributed by atoms with Gasteiger partial charge in [-0.3, -0.25) is 0 Å². The summed E-state index contributed by atoms with van der Waals surface area (Å²) in [7, 11) is 0. The maximum absolute atomic E-state index is 11.0. The van der Waals surface area contributed by atoms with Crippen LogP contribution in [0.1, 0.15) is 18.6 Å². The van der Waals surface area contributed by atoms with Crippen LogP contribution in [-0.2, 0) is 9.53 Å². The monoisotopic (exact) mass is 268 g/mol. The number of hydrogen-bond acceptors (Lipinski definition) is 2. The molecule has 5 heteroatoms. The quantitative estimate of drug-likeness (QED) is 0.366. The van der Waals surface area contributed by atoms with Crippen molar-refractivity contribution in [3.05, 3.63) is 39.8 Å². The summed E-state index contributed by atoms with van der Waals surface area (Å²) in [5.74, 6) is -0.673. The molecule has 0 aromatic heterocycles. The molecule has 0 radical (unpaired) electrons. The second-order valence-electron chi connectivity index (χ2n) is 2.88. The Morgan fingerprint density at radius 2 is 2.13 bits per heavy atom. The van der Waals surface area contributed by atoms with Crippen molar-refractivity contribution < 1.29 is 14.3 Å². The zero-order valence-electron chi connectivity index (χ0n) is 8.05. The molecular weight excluding hydrogens is 260 g/mol. The predicted molar refractivity (Wildman–Crippen MR) is 58.3 cm³/mol. The fraction of sp³-hybridized carbons (Fsp3) is 0.200. The summed E-state index contributed by atoms with van der Waals surface area (Å²) in [6.07, 6.45) is 0.346. The molecule has 0 aliphatic carbocycles. The first-order chi connectivity index (χ1) is 7.13. The Labute approximate surface area is 95.6 Å². The van der Waals surface area contributed by atoms with Crippen LogP contribution in [0.15, 0.2) is 28.7 Å². The highest BCUT2D eigenvalue weighted by Crippen LogP contribution is 2.19. The van der Waals surface area contributed by atoms with Crippen LogP contribution in [-0.4, -0.2) is 17.0 Å². The minimum Gasteiger partial charge on any atom is -0.449 e. The first-order valence-electron chi connectivity index (χ1n) is 4.27. The Hall–Kier alpha value is -1.45. The van der Waals surface area contributed by atoms with Gasteiger partial charge in [0.1, 0.15) is 6.10 Å². The van der Waals surface area contributed by atoms with E-state index in [-0.39, 0.29) is 6.10 Å². The van der Waals surface area contributed by atoms with Crippen LogP contribution in [0.3, 0.4) is 0 Å². The minimum atomic E-state index is -0.673. The maximum atomic E-state index is 11.0. The van der Waals surface area contributed by atoms with Gasteiger partial charge in [-0.15, -0.1) is 0 Å². The summed E-state index contributed by atoms with van der Waals surface area (Å²) in [6, 6.07) is 7.41. The zero-order chi connectivity index (χ0) is 11.3. The van der Waals surface area contributed by atoms with Gasteiger partial charge in [-0.1, -0.05) is 28.1 Å². The molecule has 0 saturated carbocycles. The number of rotatable bonds is 3. The van der Waals surface area contributed by atoms with Crippen LogP contribution in [0.5, 0.6) is 0 Å². The summed E-state index contributed by atoms with van der Waals surface area (Å²) in [4.78, 5) is 13.5. The van der Waals surface area contributed by atoms with Gasteiger partial charge in [0, 0.05) is 4.47 Å². The van der Waals surface area contributed by atoms with Gasteiger partial charge in [-0.2, -0.15) is 4.79 Å². The summed E-state index contributed by atoms with van der Waals surface area (Å²) < 4.78 is 5.91. The van der Waals surface area contributed by atoms with E-state index in [4.69, 9.17) is 10.3 Å². The van der Waals surface area contributed by atoms with Crippen molar-refractivity contribution in [2.24, 2.45) is 0 Å². The van der Waals surface area contributed by atoms with E-state index in [2.05, 4.69) is 20.7 Å². The van der Waals surface area contributed by atoms with E-state index < -0.39 is 5.97 Å². The second kappa shape index (κ2) is 5.44. The summed E-state index contributed by atoms with van der Waals surface area (Å²) >= 11 is 3.31. The standard InChI is InChI=1S/C10H9BrN2O2/c1-7(15-10(14)6-13-12)8-2-4-9(11)5-3-8/h2-7H,1H3. The third-order valence-electron chi connectivity index (χ3n) is 1.80. The third kappa shape index (κ3) is 3.65. The number of benzene rings is 1. The number of carbonyl (C=O) groups is 1. The molecule has 0 spiro atoms. The number of halogens is 1. The van der Waals surface area contributed by atoms with Crippen LogP contribution in [0, 0.1) is 0 Å². The number of carbonyl (C=O) groups excluding carboxylic acids is 1. The number of nitrogens with zero attached hydrogens (tertiary/aromatic N) is 2. The van der Waals surface area contributed by atoms with E-state index >= 15 is 0 Å². The molecule has 0 bridgehead atoms. The summed E-state index contributed by atoms with van der Waals surface area (Å²) in [6.45, 7) is 1.74. The average molecular weight is 269 g/mol. The van der Waals surface area contributed by atoms with Gasteiger partial charge in [0.2, 0.25) is 0 Å². The van der Waals surface area contributed by atoms with Crippen LogP contribution in [0.2, 0.25) is 0 Å². The van der Waals surface area contributed by atoms with Crippen molar-refractivity contribution in [2.75, 3.05) is 0 Å². The molecule has 1 aromatic rings. The lowest BCUT2D eigenvalue weighted by Gasteiger charge is -2.10. The average Bonchev–Trinajstić information content (AvgIpc) is 2.18. The molecule has 4 nitrogen and oxygen atoms in total. The van der Waals surface area contributed by atoms with E-state index in [1.165, 1.54) is 0 Å². The second-order valence-corrected chi connectivity index (χ2v) is 3.79. The fourth-order valence-electron chi connectivity index (χ4n) is 1.05. The van der Waals surface area contributed by atoms with Crippen molar-refractivity contribution >= 4 is 28.1 Å². The first kappa shape index (κ1) is 11.6. The van der Waals surface area contributed by atoms with E-state index in [0.717, 1.165) is 16.3 Å². The van der Waals surface area contributed by atoms with Crippen molar-refractivity contribution in [3.63, 3.8) is 0 Å². The van der Waals surface area contributed by atoms with Gasteiger partial charge in [-0.25, -0.2) is 4.79 Å². The number of hydrogen-bond donors (Lipinski definition) is 0. The molecule has 15 heavy (non-hydrogen) atoms. The number of esters is 1. The van der Waals surface area contributed by atoms with Crippen molar-refractivity contribution in [2.45, 2.75) is 13.0 Å². The van der Waals surface area contributed by atoms with Crippen molar-refractivity contribution in [1.29, 1.82) is 0 Å². The zero-order valence-corrected chi connectivity index (χ0v) is 9.64. The molecule has 1 rings (SSSR count). The van der Waals surface area contributed by atoms with E-state index in [0.29, 0.717) is 0 Å². The molecule has 0 aliphatic heterocycles. The van der Waals surface area contributed by atoms with Crippen LogP contribution >= 0.6 is 15.9 Å². The summed E-state index contributed by atoms with van der Waals surface area (Å²) in [5.41, 5.74) is 8.99. The van der Waals surface area contributed by atoms with Crippen LogP contribution in [0.25, 0.3) is 5.53 Å². The van der Waals surface area contributed by atoms with Crippen LogP contribution in [0.4, 0.5) is 0 Å². The lowest BCUT2D eigenvalue weighted by molar-refractivity contribution is -0.143. The Bertz CT molecular complexity index is 396. The highest BCUT2D eigenvalue weighted by Gasteiger charge is 2.11. The Morgan fingerprint density at radius 1 is 1.53 bits per heavy atom. The van der Waals surface area contributed by atoms with E-state index in [1.807, 2.05) is 24.3 Å². The van der Waals surface area contributed by atoms with Gasteiger partial charge in [0.15, 0.2) is 0 Å². The Kier molecular flexibility index (Phi) is 4.21. The Balaban J connectivity index is 2.68. The van der Waals surface area contributed by atoms with Gasteiger partial charge in [0.25, 0.3) is 0 Å². The van der Waals surface area contributed by atoms with Crippen molar-refractivity contribution in [1.82, 2.24) is 0 Å². The Morgan fingerprint density at radius 3 is 2.67 bits per heavy atom. The normalized spacial score (nSPS) is 11.3. The van der Waals surface area contributed by atoms with Gasteiger partial charge in [0.05, 0.1) is 0 Å². The lowest BCUT2D eigenvalue weighted by Crippen LogP contribution is -2.09. The molecular formula is C10H9BrN2O2. The minimum absolute atomic E-state index is 0.372. The molecule has 1 unspecified atom stereocenters. The van der Waals surface area contributed by atoms with Crippen LogP contribution < -0.4 is 0 Å². The van der Waals surface area contributed by atoms with E-state index in [1.54, 1.807) is 6.92 Å². The first-order valence-corrected chi connectivity index (χ1v) is 5.06. The van der Waals surface area contributed by atoms with E-state index in [9.17, 15) is 4.79 Å². The lowest BCUT2D eigenvalue weighted by atomic mass is 10.1. The topological polar surface area (TPSA) is 62.7 Å². The molecule has 0 saturated heterocycles. The van der Waals surface area contributed by atoms with Crippen molar-refractivity contribution in [3.8, 4) is 0 Å².